The summed E-state index contributed by atoms with van der Waals surface area (Å²) in [6.07, 6.45) is 0. The first-order chi connectivity index (χ1) is 7.41. The van der Waals surface area contributed by atoms with Crippen LogP contribution in [0, 0.1) is 10.1 Å². The van der Waals surface area contributed by atoms with Gasteiger partial charge in [0, 0.05) is 10.5 Å². The van der Waals surface area contributed by atoms with Crippen LogP contribution >= 0.6 is 15.9 Å². The van der Waals surface area contributed by atoms with Crippen molar-refractivity contribution in [3.05, 3.63) is 32.8 Å². The van der Waals surface area contributed by atoms with Gasteiger partial charge in [0.2, 0.25) is 0 Å². The van der Waals surface area contributed by atoms with Gasteiger partial charge in [-0.3, -0.25) is 14.9 Å². The van der Waals surface area contributed by atoms with Crippen LogP contribution in [-0.2, 0) is 4.79 Å². The highest BCUT2D eigenvalue weighted by Crippen LogP contribution is 2.28. The zero-order chi connectivity index (χ0) is 12.3. The second kappa shape index (κ2) is 4.93. The van der Waals surface area contributed by atoms with E-state index in [1.54, 1.807) is 6.07 Å². The van der Waals surface area contributed by atoms with Crippen molar-refractivity contribution < 1.29 is 14.8 Å². The number of nitrogens with zero attached hydrogens (tertiary/aromatic N) is 1. The SMILES string of the molecule is C[C@H](Nc1ccc(Br)cc1[N+](=O)[O-])C(=O)O. The summed E-state index contributed by atoms with van der Waals surface area (Å²) < 4.78 is 0.563. The number of carboxylic acid groups (broad SMARTS) is 1. The largest absolute Gasteiger partial charge is 0.480 e. The van der Waals surface area contributed by atoms with Crippen LogP contribution in [0.1, 0.15) is 6.92 Å². The van der Waals surface area contributed by atoms with Crippen molar-refractivity contribution in [2.45, 2.75) is 13.0 Å². The third-order valence-corrected chi connectivity index (χ3v) is 2.39. The fourth-order valence-electron chi connectivity index (χ4n) is 1.07. The molecule has 1 aromatic rings. The summed E-state index contributed by atoms with van der Waals surface area (Å²) in [5.74, 6) is -1.07. The van der Waals surface area contributed by atoms with Gasteiger partial charge in [-0.15, -0.1) is 0 Å². The van der Waals surface area contributed by atoms with Gasteiger partial charge in [-0.2, -0.15) is 0 Å². The highest BCUT2D eigenvalue weighted by Gasteiger charge is 2.18. The number of hydrogen-bond donors (Lipinski definition) is 2. The van der Waals surface area contributed by atoms with Crippen LogP contribution in [0.25, 0.3) is 0 Å². The van der Waals surface area contributed by atoms with Crippen LogP contribution in [0.5, 0.6) is 0 Å². The molecule has 0 saturated carbocycles. The van der Waals surface area contributed by atoms with E-state index in [0.29, 0.717) is 4.47 Å². The van der Waals surface area contributed by atoms with E-state index in [4.69, 9.17) is 5.11 Å². The number of halogens is 1. The lowest BCUT2D eigenvalue weighted by molar-refractivity contribution is -0.384. The van der Waals surface area contributed by atoms with Gasteiger partial charge < -0.3 is 10.4 Å². The lowest BCUT2D eigenvalue weighted by Crippen LogP contribution is -2.25. The summed E-state index contributed by atoms with van der Waals surface area (Å²) in [5.41, 5.74) is 0.0191. The smallest absolute Gasteiger partial charge is 0.325 e. The summed E-state index contributed by atoms with van der Waals surface area (Å²) >= 11 is 3.11. The van der Waals surface area contributed by atoms with Crippen LogP contribution in [0.3, 0.4) is 0 Å². The number of rotatable bonds is 4. The van der Waals surface area contributed by atoms with Crippen molar-refractivity contribution in [2.75, 3.05) is 5.32 Å². The standard InChI is InChI=1S/C9H9BrN2O4/c1-5(9(13)14)11-7-3-2-6(10)4-8(7)12(15)16/h2-5,11H,1H3,(H,13,14)/t5-/m0/s1. The molecule has 0 amide bonds. The Balaban J connectivity index is 3.04. The Morgan fingerprint density at radius 3 is 2.75 bits per heavy atom. The minimum absolute atomic E-state index is 0.164. The lowest BCUT2D eigenvalue weighted by Gasteiger charge is -2.10. The Hall–Kier alpha value is -1.63. The van der Waals surface area contributed by atoms with Crippen LogP contribution in [0.15, 0.2) is 22.7 Å². The first-order valence-electron chi connectivity index (χ1n) is 4.35. The molecule has 0 heterocycles. The van der Waals surface area contributed by atoms with Gasteiger partial charge in [-0.05, 0) is 19.1 Å². The van der Waals surface area contributed by atoms with Crippen LogP contribution in [0.2, 0.25) is 0 Å². The first kappa shape index (κ1) is 12.4. The molecule has 0 bridgehead atoms. The number of hydrogen-bond acceptors (Lipinski definition) is 4. The molecule has 0 spiro atoms. The maximum atomic E-state index is 10.7. The molecule has 6 nitrogen and oxygen atoms in total. The van der Waals surface area contributed by atoms with E-state index in [9.17, 15) is 14.9 Å². The highest BCUT2D eigenvalue weighted by molar-refractivity contribution is 9.10. The van der Waals surface area contributed by atoms with E-state index in [1.165, 1.54) is 19.1 Å². The molecule has 1 atom stereocenters. The number of carbonyl (C=O) groups is 1. The van der Waals surface area contributed by atoms with E-state index in [0.717, 1.165) is 0 Å². The second-order valence-electron chi connectivity index (χ2n) is 3.12. The third kappa shape index (κ3) is 2.93. The molecule has 1 rings (SSSR count). The average molecular weight is 289 g/mol. The van der Waals surface area contributed by atoms with E-state index in [-0.39, 0.29) is 11.4 Å². The molecule has 16 heavy (non-hydrogen) atoms. The predicted molar refractivity (Wildman–Crippen MR) is 61.5 cm³/mol. The number of aliphatic carboxylic acids is 1. The average Bonchev–Trinajstić information content (AvgIpc) is 2.20. The summed E-state index contributed by atoms with van der Waals surface area (Å²) in [4.78, 5) is 20.8. The van der Waals surface area contributed by atoms with E-state index in [2.05, 4.69) is 21.2 Å². The van der Waals surface area contributed by atoms with Gasteiger partial charge >= 0.3 is 5.97 Å². The normalized spacial score (nSPS) is 11.9. The number of anilines is 1. The van der Waals surface area contributed by atoms with Gasteiger partial charge in [-0.25, -0.2) is 0 Å². The fourth-order valence-corrected chi connectivity index (χ4v) is 1.42. The van der Waals surface area contributed by atoms with Crippen LogP contribution in [-0.4, -0.2) is 22.0 Å². The molecule has 1 aromatic carbocycles. The second-order valence-corrected chi connectivity index (χ2v) is 4.04. The molecular weight excluding hydrogens is 280 g/mol. The number of benzene rings is 1. The van der Waals surface area contributed by atoms with Gasteiger partial charge in [0.05, 0.1) is 4.92 Å². The number of nitrogens with one attached hydrogen (secondary N) is 1. The minimum Gasteiger partial charge on any atom is -0.480 e. The lowest BCUT2D eigenvalue weighted by atomic mass is 10.2. The topological polar surface area (TPSA) is 92.5 Å². The Labute approximate surface area is 99.6 Å². The molecule has 0 aliphatic heterocycles. The Bertz CT molecular complexity index is 436. The molecular formula is C9H9BrN2O4. The van der Waals surface area contributed by atoms with Gasteiger partial charge in [-0.1, -0.05) is 15.9 Å². The molecule has 0 unspecified atom stereocenters. The van der Waals surface area contributed by atoms with E-state index in [1.807, 2.05) is 0 Å². The molecule has 0 saturated heterocycles. The number of carboxylic acids is 1. The van der Waals surface area contributed by atoms with E-state index >= 15 is 0 Å². The summed E-state index contributed by atoms with van der Waals surface area (Å²) in [5, 5.41) is 22.0. The Morgan fingerprint density at radius 1 is 1.62 bits per heavy atom. The Kier molecular flexibility index (Phi) is 3.83. The third-order valence-electron chi connectivity index (χ3n) is 1.90. The number of nitro benzene ring substituents is 1. The zero-order valence-electron chi connectivity index (χ0n) is 8.31. The van der Waals surface area contributed by atoms with Crippen molar-refractivity contribution in [3.63, 3.8) is 0 Å². The molecule has 2 N–H and O–H groups in total. The van der Waals surface area contributed by atoms with Crippen molar-refractivity contribution >= 4 is 33.3 Å². The van der Waals surface area contributed by atoms with Gasteiger partial charge in [0.1, 0.15) is 11.7 Å². The molecule has 0 fully saturated rings. The Morgan fingerprint density at radius 2 is 2.25 bits per heavy atom. The van der Waals surface area contributed by atoms with Crippen molar-refractivity contribution in [1.82, 2.24) is 0 Å². The van der Waals surface area contributed by atoms with E-state index < -0.39 is 16.9 Å². The molecule has 0 aromatic heterocycles. The van der Waals surface area contributed by atoms with Crippen LogP contribution < -0.4 is 5.32 Å². The molecule has 0 aliphatic rings. The monoisotopic (exact) mass is 288 g/mol. The van der Waals surface area contributed by atoms with Crippen molar-refractivity contribution in [2.24, 2.45) is 0 Å². The molecule has 86 valence electrons. The van der Waals surface area contributed by atoms with Gasteiger partial charge in [0.15, 0.2) is 0 Å². The van der Waals surface area contributed by atoms with Crippen molar-refractivity contribution in [1.29, 1.82) is 0 Å². The highest BCUT2D eigenvalue weighted by atomic mass is 79.9. The summed E-state index contributed by atoms with van der Waals surface area (Å²) in [6.45, 7) is 1.41. The fraction of sp³-hybridized carbons (Fsp3) is 0.222. The zero-order valence-corrected chi connectivity index (χ0v) is 9.89. The maximum Gasteiger partial charge on any atom is 0.325 e. The summed E-state index contributed by atoms with van der Waals surface area (Å²) in [7, 11) is 0. The minimum atomic E-state index is -1.07. The maximum absolute atomic E-state index is 10.7. The first-order valence-corrected chi connectivity index (χ1v) is 5.14. The molecule has 7 heteroatoms. The molecule has 0 radical (unpaired) electrons. The van der Waals surface area contributed by atoms with Gasteiger partial charge in [0.25, 0.3) is 5.69 Å². The predicted octanol–water partition coefficient (Wildman–Crippen LogP) is 2.24. The van der Waals surface area contributed by atoms with Crippen LogP contribution in [0.4, 0.5) is 11.4 Å². The number of nitro groups is 1. The summed E-state index contributed by atoms with van der Waals surface area (Å²) in [6, 6.07) is 3.49. The van der Waals surface area contributed by atoms with Crippen molar-refractivity contribution in [3.8, 4) is 0 Å². The molecule has 0 aliphatic carbocycles. The quantitative estimate of drug-likeness (QED) is 0.655.